The Kier molecular flexibility index (Phi) is 7.87. The molecule has 11 heteroatoms. The third-order valence-electron chi connectivity index (χ3n) is 10.3. The summed E-state index contributed by atoms with van der Waals surface area (Å²) >= 11 is 0. The van der Waals surface area contributed by atoms with Crippen LogP contribution in [0.3, 0.4) is 0 Å². The number of rotatable bonds is 5. The topological polar surface area (TPSA) is 131 Å². The number of aromatic nitrogens is 1. The van der Waals surface area contributed by atoms with Crippen molar-refractivity contribution in [3.63, 3.8) is 0 Å². The number of dihydropyridines is 3. The molecule has 10 nitrogen and oxygen atoms in total. The van der Waals surface area contributed by atoms with E-state index in [9.17, 15) is 14.5 Å². The van der Waals surface area contributed by atoms with E-state index in [-0.39, 0.29) is 12.1 Å². The second-order valence-electron chi connectivity index (χ2n) is 13.4. The minimum absolute atomic E-state index is 0.0812. The Bertz CT molecular complexity index is 2290. The van der Waals surface area contributed by atoms with Gasteiger partial charge in [-0.3, -0.25) is 10.1 Å². The number of nitro groups is 1. The van der Waals surface area contributed by atoms with Gasteiger partial charge in [-0.25, -0.2) is 0 Å². The summed E-state index contributed by atoms with van der Waals surface area (Å²) in [5, 5.41) is 33.3. The zero-order valence-corrected chi connectivity index (χ0v) is 28.2. The van der Waals surface area contributed by atoms with Gasteiger partial charge in [0.2, 0.25) is 5.82 Å². The third-order valence-corrected chi connectivity index (χ3v) is 10.3. The SMILES string of the molecule is O=[N+]([O-])c1cc(/C2=C3\C=CC(N3)/C(C3=CCNC=C3)=C3/CC/C(=C(\C4=CCNC=C4)C4C=C/C(=C(\C5=CCNC=C5)c5ccc2[nH]5)N4)N3)ccc1F. The smallest absolute Gasteiger partial charge is 0.305 e. The first-order chi connectivity index (χ1) is 25.5. The number of hydrogen-bond donors (Lipinski definition) is 7. The highest BCUT2D eigenvalue weighted by Crippen LogP contribution is 2.40. The molecule has 2 unspecified atom stereocenters. The van der Waals surface area contributed by atoms with Crippen LogP contribution in [0.5, 0.6) is 0 Å². The Balaban J connectivity index is 1.28. The van der Waals surface area contributed by atoms with E-state index < -0.39 is 16.4 Å². The summed E-state index contributed by atoms with van der Waals surface area (Å²) in [7, 11) is 0. The first-order valence-electron chi connectivity index (χ1n) is 17.6. The molecule has 52 heavy (non-hydrogen) atoms. The molecule has 0 amide bonds. The predicted octanol–water partition coefficient (Wildman–Crippen LogP) is 5.62. The maximum Gasteiger partial charge on any atom is 0.305 e. The van der Waals surface area contributed by atoms with Crippen LogP contribution in [-0.4, -0.2) is 41.6 Å². The monoisotopic (exact) mass is 692 g/mol. The van der Waals surface area contributed by atoms with Gasteiger partial charge in [0.15, 0.2) is 0 Å². The number of nitro benzene ring substituents is 1. The fourth-order valence-corrected chi connectivity index (χ4v) is 7.96. The number of benzene rings is 1. The maximum absolute atomic E-state index is 14.7. The number of halogens is 1. The number of allylic oxidation sites excluding steroid dienone is 9. The van der Waals surface area contributed by atoms with E-state index in [2.05, 4.69) is 91.6 Å². The molecule has 8 heterocycles. The number of hydrogen-bond acceptors (Lipinski definition) is 8. The average molecular weight is 693 g/mol. The van der Waals surface area contributed by atoms with Crippen LogP contribution in [0.25, 0.3) is 11.1 Å². The van der Waals surface area contributed by atoms with Gasteiger partial charge < -0.3 is 36.9 Å². The van der Waals surface area contributed by atoms with Gasteiger partial charge in [-0.1, -0.05) is 36.4 Å². The van der Waals surface area contributed by atoms with Crippen LogP contribution in [0.15, 0.2) is 160 Å². The molecule has 0 aliphatic carbocycles. The highest BCUT2D eigenvalue weighted by Gasteiger charge is 2.33. The van der Waals surface area contributed by atoms with Crippen molar-refractivity contribution >= 4 is 16.8 Å². The van der Waals surface area contributed by atoms with Gasteiger partial charge in [0.05, 0.1) is 17.0 Å². The van der Waals surface area contributed by atoms with Crippen molar-refractivity contribution in [2.45, 2.75) is 24.9 Å². The number of nitrogens with one attached hydrogen (secondary N) is 7. The standard InChI is InChI=1S/C41H37FN8O2/c42-28-2-1-27(23-37(28)50(51)52)41-35-9-7-33(48-35)39(25-13-19-44-20-14-25)31-5-3-29(46-31)38(24-11-17-43-18-12-24)30-4-6-32(47-30)40(26-15-21-45-22-16-26)34-8-10-36(41)49-34/h1-3,5,7-17,19,21,23,29,34,43-49H,4,6,18,20,22H2/b38-30-,39-31-,40-32-,41-36-. The molecule has 0 spiro atoms. The molecule has 2 aromatic rings. The molecule has 7 aliphatic rings. The van der Waals surface area contributed by atoms with Gasteiger partial charge in [0.25, 0.3) is 0 Å². The van der Waals surface area contributed by atoms with Crippen molar-refractivity contribution in [1.29, 1.82) is 0 Å². The van der Waals surface area contributed by atoms with Crippen LogP contribution in [-0.2, 0) is 0 Å². The summed E-state index contributed by atoms with van der Waals surface area (Å²) in [6.45, 7) is 2.16. The van der Waals surface area contributed by atoms with E-state index in [1.807, 2.05) is 36.8 Å². The molecule has 0 radical (unpaired) electrons. The summed E-state index contributed by atoms with van der Waals surface area (Å²) in [5.41, 5.74) is 13.1. The van der Waals surface area contributed by atoms with E-state index in [4.69, 9.17) is 0 Å². The second-order valence-corrected chi connectivity index (χ2v) is 13.4. The molecule has 8 bridgehead atoms. The maximum atomic E-state index is 14.7. The molecular weight excluding hydrogens is 656 g/mol. The number of nitrogens with zero attached hydrogens (tertiary/aromatic N) is 1. The predicted molar refractivity (Wildman–Crippen MR) is 201 cm³/mol. The molecule has 260 valence electrons. The van der Waals surface area contributed by atoms with Gasteiger partial charge in [0, 0.05) is 82.2 Å². The molecule has 7 aliphatic heterocycles. The molecule has 7 N–H and O–H groups in total. The fourth-order valence-electron chi connectivity index (χ4n) is 7.96. The average Bonchev–Trinajstić information content (AvgIpc) is 4.01. The Labute approximate surface area is 300 Å². The van der Waals surface area contributed by atoms with E-state index in [0.717, 1.165) is 70.2 Å². The van der Waals surface area contributed by atoms with E-state index in [1.165, 1.54) is 29.0 Å². The zero-order chi connectivity index (χ0) is 35.2. The van der Waals surface area contributed by atoms with Crippen molar-refractivity contribution in [2.75, 3.05) is 19.6 Å². The Morgan fingerprint density at radius 1 is 0.673 bits per heavy atom. The highest BCUT2D eigenvalue weighted by molar-refractivity contribution is 5.88. The lowest BCUT2D eigenvalue weighted by molar-refractivity contribution is -0.387. The molecular formula is C41H37FN8O2. The molecule has 1 aromatic heterocycles. The Morgan fingerprint density at radius 3 is 1.75 bits per heavy atom. The van der Waals surface area contributed by atoms with Crippen LogP contribution in [0, 0.1) is 15.9 Å². The molecule has 1 aromatic carbocycles. The van der Waals surface area contributed by atoms with Crippen LogP contribution >= 0.6 is 0 Å². The van der Waals surface area contributed by atoms with Crippen LogP contribution < -0.4 is 31.9 Å². The molecule has 1 fully saturated rings. The Morgan fingerprint density at radius 2 is 1.21 bits per heavy atom. The summed E-state index contributed by atoms with van der Waals surface area (Å²) in [6.07, 6.45) is 29.2. The zero-order valence-electron chi connectivity index (χ0n) is 28.2. The Hall–Kier alpha value is -6.49. The summed E-state index contributed by atoms with van der Waals surface area (Å²) in [6, 6.07) is 7.86. The molecule has 0 saturated carbocycles. The van der Waals surface area contributed by atoms with Crippen LogP contribution in [0.2, 0.25) is 0 Å². The van der Waals surface area contributed by atoms with Crippen molar-refractivity contribution in [3.8, 4) is 0 Å². The lowest BCUT2D eigenvalue weighted by atomic mass is 9.94. The lowest BCUT2D eigenvalue weighted by Crippen LogP contribution is -2.30. The van der Waals surface area contributed by atoms with Crippen molar-refractivity contribution < 1.29 is 9.31 Å². The van der Waals surface area contributed by atoms with Gasteiger partial charge in [-0.05, 0) is 102 Å². The number of fused-ring (bicyclic) bond motifs is 8. The number of aromatic amines is 1. The molecule has 9 rings (SSSR count). The van der Waals surface area contributed by atoms with Gasteiger partial charge in [-0.15, -0.1) is 0 Å². The largest absolute Gasteiger partial charge is 0.387 e. The lowest BCUT2D eigenvalue weighted by Gasteiger charge is -2.25. The third kappa shape index (κ3) is 5.60. The highest BCUT2D eigenvalue weighted by atomic mass is 19.1. The number of H-pyrrole nitrogens is 1. The van der Waals surface area contributed by atoms with Crippen molar-refractivity contribution in [3.05, 3.63) is 193 Å². The van der Waals surface area contributed by atoms with E-state index in [0.29, 0.717) is 24.2 Å². The quantitative estimate of drug-likeness (QED) is 0.159. The van der Waals surface area contributed by atoms with Crippen molar-refractivity contribution in [1.82, 2.24) is 36.9 Å². The van der Waals surface area contributed by atoms with E-state index >= 15 is 0 Å². The minimum Gasteiger partial charge on any atom is -0.387 e. The molecule has 1 saturated heterocycles. The second kappa shape index (κ2) is 13.0. The minimum atomic E-state index is -0.874. The first kappa shape index (κ1) is 31.5. The van der Waals surface area contributed by atoms with E-state index in [1.54, 1.807) is 6.07 Å². The van der Waals surface area contributed by atoms with Crippen molar-refractivity contribution in [2.24, 2.45) is 0 Å². The summed E-state index contributed by atoms with van der Waals surface area (Å²) in [5.74, 6) is -0.874. The fraction of sp³-hybridized carbons (Fsp3) is 0.171. The normalized spacial score (nSPS) is 28.6. The van der Waals surface area contributed by atoms with Crippen LogP contribution in [0.1, 0.15) is 29.8 Å². The summed E-state index contributed by atoms with van der Waals surface area (Å²) in [4.78, 5) is 14.9. The van der Waals surface area contributed by atoms with Gasteiger partial charge >= 0.3 is 5.69 Å². The van der Waals surface area contributed by atoms with Gasteiger partial charge in [-0.2, -0.15) is 4.39 Å². The van der Waals surface area contributed by atoms with Crippen LogP contribution in [0.4, 0.5) is 10.1 Å². The molecule has 2 atom stereocenters. The summed E-state index contributed by atoms with van der Waals surface area (Å²) < 4.78 is 14.7. The first-order valence-corrected chi connectivity index (χ1v) is 17.6. The van der Waals surface area contributed by atoms with Gasteiger partial charge in [0.1, 0.15) is 0 Å².